The average Bonchev–Trinajstić information content (AvgIpc) is 2.68. The first kappa shape index (κ1) is 22.1. The van der Waals surface area contributed by atoms with Gasteiger partial charge in [0.25, 0.3) is 11.8 Å². The number of carbonyl (C=O) groups excluding carboxylic acids is 1. The van der Waals surface area contributed by atoms with Crippen molar-refractivity contribution in [1.29, 1.82) is 0 Å². The fourth-order valence-electron chi connectivity index (χ4n) is 2.61. The van der Waals surface area contributed by atoms with Crippen LogP contribution in [-0.2, 0) is 10.7 Å². The number of carbonyl (C=O) groups is 1. The van der Waals surface area contributed by atoms with Gasteiger partial charge >= 0.3 is 0 Å². The molecule has 1 amide bonds. The maximum absolute atomic E-state index is 13.3. The van der Waals surface area contributed by atoms with Gasteiger partial charge in [-0.1, -0.05) is 25.3 Å². The number of amides is 1. The van der Waals surface area contributed by atoms with Gasteiger partial charge in [0.05, 0.1) is 6.20 Å². The first-order valence-corrected chi connectivity index (χ1v) is 8.87. The minimum Gasteiger partial charge on any atom is -0.454 e. The van der Waals surface area contributed by atoms with Gasteiger partial charge in [0.15, 0.2) is 5.83 Å². The van der Waals surface area contributed by atoms with Gasteiger partial charge in [0.2, 0.25) is 0 Å². The number of aliphatic imine (C=N–C) groups is 1. The first-order chi connectivity index (χ1) is 13.6. The fraction of sp³-hybridized carbons (Fsp3) is 0.286. The zero-order chi connectivity index (χ0) is 21.6. The second-order valence-corrected chi connectivity index (χ2v) is 6.39. The first-order valence-electron chi connectivity index (χ1n) is 8.87. The number of hydrogen-bond acceptors (Lipinski definition) is 4. The van der Waals surface area contributed by atoms with Crippen LogP contribution in [0.4, 0.5) is 13.2 Å². The molecule has 0 N–H and O–H groups in total. The molecule has 29 heavy (non-hydrogen) atoms. The van der Waals surface area contributed by atoms with E-state index in [1.54, 1.807) is 25.3 Å². The molecule has 2 rings (SSSR count). The highest BCUT2D eigenvalue weighted by Crippen LogP contribution is 2.27. The molecule has 0 radical (unpaired) electrons. The number of ether oxygens (including phenoxy) is 1. The Hall–Kier alpha value is -3.16. The SMILES string of the molecule is C=C(F)C(=O)N1CC=C(C(=N/C=C\C)C(=C)Oc2ccc(C(C)(F)F)nc2)CC1. The monoisotopic (exact) mass is 405 g/mol. The van der Waals surface area contributed by atoms with Crippen LogP contribution in [0.25, 0.3) is 0 Å². The zero-order valence-electron chi connectivity index (χ0n) is 16.3. The predicted molar refractivity (Wildman–Crippen MR) is 105 cm³/mol. The molecule has 5 nitrogen and oxygen atoms in total. The van der Waals surface area contributed by atoms with Gasteiger partial charge in [0, 0.05) is 26.2 Å². The van der Waals surface area contributed by atoms with Crippen molar-refractivity contribution in [2.75, 3.05) is 13.1 Å². The summed E-state index contributed by atoms with van der Waals surface area (Å²) < 4.78 is 45.3. The van der Waals surface area contributed by atoms with E-state index in [1.165, 1.54) is 23.2 Å². The van der Waals surface area contributed by atoms with Crippen LogP contribution in [0.1, 0.15) is 26.0 Å². The maximum Gasteiger partial charge on any atom is 0.286 e. The number of hydrogen-bond donors (Lipinski definition) is 0. The standard InChI is InChI=1S/C21H22F3N3O2/c1-5-10-25-19(16-8-11-27(12-9-16)20(28)14(2)22)15(3)29-17-6-7-18(26-13-17)21(4,23)24/h5-8,10,13H,2-3,9,11-12H2,1,4H3/b10-5-,25-19?. The number of alkyl halides is 2. The second-order valence-electron chi connectivity index (χ2n) is 6.39. The van der Waals surface area contributed by atoms with Gasteiger partial charge < -0.3 is 9.64 Å². The molecule has 0 bridgehead atoms. The Kier molecular flexibility index (Phi) is 7.14. The van der Waals surface area contributed by atoms with Crippen LogP contribution in [0.15, 0.2) is 72.0 Å². The molecule has 2 heterocycles. The third-order valence-electron chi connectivity index (χ3n) is 4.08. The number of aromatic nitrogens is 1. The minimum absolute atomic E-state index is 0.196. The van der Waals surface area contributed by atoms with Crippen molar-refractivity contribution in [3.05, 3.63) is 72.7 Å². The van der Waals surface area contributed by atoms with Crippen LogP contribution in [0.2, 0.25) is 0 Å². The summed E-state index contributed by atoms with van der Waals surface area (Å²) in [5, 5.41) is 0. The smallest absolute Gasteiger partial charge is 0.286 e. The molecule has 1 aliphatic heterocycles. The molecule has 8 heteroatoms. The summed E-state index contributed by atoms with van der Waals surface area (Å²) in [6, 6.07) is 2.55. The summed E-state index contributed by atoms with van der Waals surface area (Å²) in [4.78, 5) is 21.1. The van der Waals surface area contributed by atoms with Gasteiger partial charge in [-0.05, 0) is 31.1 Å². The summed E-state index contributed by atoms with van der Waals surface area (Å²) in [5.41, 5.74) is 0.845. The Labute approximate surface area is 167 Å². The van der Waals surface area contributed by atoms with Crippen molar-refractivity contribution in [1.82, 2.24) is 9.88 Å². The highest BCUT2D eigenvalue weighted by molar-refractivity contribution is 6.11. The molecular weight excluding hydrogens is 383 g/mol. The quantitative estimate of drug-likeness (QED) is 0.375. The van der Waals surface area contributed by atoms with Gasteiger partial charge in [-0.15, -0.1) is 0 Å². The Morgan fingerprint density at radius 1 is 1.38 bits per heavy atom. The lowest BCUT2D eigenvalue weighted by Gasteiger charge is -2.26. The van der Waals surface area contributed by atoms with E-state index in [4.69, 9.17) is 4.74 Å². The molecule has 0 saturated heterocycles. The second kappa shape index (κ2) is 9.36. The Balaban J connectivity index is 2.17. The number of pyridine rings is 1. The molecular formula is C21H22F3N3O2. The molecule has 0 spiro atoms. The van der Waals surface area contributed by atoms with Crippen molar-refractivity contribution in [3.8, 4) is 5.75 Å². The Morgan fingerprint density at radius 3 is 2.59 bits per heavy atom. The largest absolute Gasteiger partial charge is 0.454 e. The molecule has 0 aliphatic carbocycles. The third kappa shape index (κ3) is 5.91. The molecule has 1 aliphatic rings. The summed E-state index contributed by atoms with van der Waals surface area (Å²) >= 11 is 0. The lowest BCUT2D eigenvalue weighted by molar-refractivity contribution is -0.128. The number of allylic oxidation sites excluding steroid dienone is 2. The molecule has 154 valence electrons. The van der Waals surface area contributed by atoms with Crippen LogP contribution in [0, 0.1) is 0 Å². The van der Waals surface area contributed by atoms with Gasteiger partial charge in [-0.25, -0.2) is 4.39 Å². The van der Waals surface area contributed by atoms with Crippen molar-refractivity contribution in [2.45, 2.75) is 26.2 Å². The number of rotatable bonds is 7. The topological polar surface area (TPSA) is 54.8 Å². The van der Waals surface area contributed by atoms with Crippen LogP contribution in [0.5, 0.6) is 5.75 Å². The van der Waals surface area contributed by atoms with E-state index in [0.29, 0.717) is 12.1 Å². The van der Waals surface area contributed by atoms with Crippen molar-refractivity contribution in [2.24, 2.45) is 4.99 Å². The molecule has 1 aromatic rings. The van der Waals surface area contributed by atoms with Crippen molar-refractivity contribution >= 4 is 11.6 Å². The van der Waals surface area contributed by atoms with Crippen LogP contribution in [-0.4, -0.2) is 34.6 Å². The minimum atomic E-state index is -3.05. The van der Waals surface area contributed by atoms with Gasteiger partial charge in [-0.3, -0.25) is 14.8 Å². The molecule has 0 fully saturated rings. The van der Waals surface area contributed by atoms with E-state index in [0.717, 1.165) is 12.5 Å². The summed E-state index contributed by atoms with van der Waals surface area (Å²) in [7, 11) is 0. The average molecular weight is 405 g/mol. The molecule has 1 aromatic heterocycles. The Bertz CT molecular complexity index is 881. The number of nitrogens with zero attached hydrogens (tertiary/aromatic N) is 3. The van der Waals surface area contributed by atoms with Crippen LogP contribution < -0.4 is 4.74 Å². The van der Waals surface area contributed by atoms with E-state index >= 15 is 0 Å². The molecule has 0 aromatic carbocycles. The maximum atomic E-state index is 13.3. The van der Waals surface area contributed by atoms with Crippen molar-refractivity contribution in [3.63, 3.8) is 0 Å². The lowest BCUT2D eigenvalue weighted by atomic mass is 10.0. The van der Waals surface area contributed by atoms with Gasteiger partial charge in [0.1, 0.15) is 22.9 Å². The van der Waals surface area contributed by atoms with Gasteiger partial charge in [-0.2, -0.15) is 8.78 Å². The highest BCUT2D eigenvalue weighted by Gasteiger charge is 2.26. The third-order valence-corrected chi connectivity index (χ3v) is 4.08. The zero-order valence-corrected chi connectivity index (χ0v) is 16.3. The normalized spacial score (nSPS) is 15.3. The Morgan fingerprint density at radius 2 is 2.10 bits per heavy atom. The van der Waals surface area contributed by atoms with E-state index in [1.807, 2.05) is 0 Å². The molecule has 0 atom stereocenters. The fourth-order valence-corrected chi connectivity index (χ4v) is 2.61. The van der Waals surface area contributed by atoms with Crippen LogP contribution in [0.3, 0.4) is 0 Å². The summed E-state index contributed by atoms with van der Waals surface area (Å²) in [6.45, 7) is 9.94. The summed E-state index contributed by atoms with van der Waals surface area (Å²) in [5.74, 6) is -4.37. The lowest BCUT2D eigenvalue weighted by Crippen LogP contribution is -2.36. The highest BCUT2D eigenvalue weighted by atomic mass is 19.3. The van der Waals surface area contributed by atoms with Crippen LogP contribution >= 0.6 is 0 Å². The molecule has 0 unspecified atom stereocenters. The number of halogens is 3. The van der Waals surface area contributed by atoms with E-state index < -0.39 is 17.7 Å². The molecule has 0 saturated carbocycles. The van der Waals surface area contributed by atoms with Crippen molar-refractivity contribution < 1.29 is 22.7 Å². The van der Waals surface area contributed by atoms with E-state index in [9.17, 15) is 18.0 Å². The van der Waals surface area contributed by atoms with E-state index in [2.05, 4.69) is 23.1 Å². The summed E-state index contributed by atoms with van der Waals surface area (Å²) in [6.07, 6.45) is 6.62. The predicted octanol–water partition coefficient (Wildman–Crippen LogP) is 4.70. The van der Waals surface area contributed by atoms with E-state index in [-0.39, 0.29) is 30.3 Å².